The molecule has 4 aliphatic carbocycles. The van der Waals surface area contributed by atoms with E-state index < -0.39 is 59.9 Å². The highest BCUT2D eigenvalue weighted by molar-refractivity contribution is 7.90. The van der Waals surface area contributed by atoms with Gasteiger partial charge < -0.3 is 37.5 Å². The van der Waals surface area contributed by atoms with Crippen LogP contribution in [-0.2, 0) is 37.4 Å². The van der Waals surface area contributed by atoms with Crippen LogP contribution in [0, 0.1) is 44.9 Å². The molecule has 8 rings (SSSR count). The molecule has 0 heterocycles. The summed E-state index contributed by atoms with van der Waals surface area (Å²) >= 11 is -0.180. The molecule has 16 nitrogen and oxygen atoms in total. The van der Waals surface area contributed by atoms with Gasteiger partial charge in [-0.2, -0.15) is 0 Å². The second kappa shape index (κ2) is 35.7. The van der Waals surface area contributed by atoms with Crippen molar-refractivity contribution in [2.24, 2.45) is 21.7 Å². The van der Waals surface area contributed by atoms with E-state index in [4.69, 9.17) is 8.37 Å². The predicted octanol–water partition coefficient (Wildman–Crippen LogP) is 20.4. The molecule has 4 saturated carbocycles. The fourth-order valence-corrected chi connectivity index (χ4v) is 13.1. The smallest absolute Gasteiger partial charge is 0.508 e. The van der Waals surface area contributed by atoms with E-state index in [2.05, 4.69) is 65.1 Å². The number of phenolic OH excluding ortho intramolecular Hbond substituents is 2. The van der Waals surface area contributed by atoms with Crippen LogP contribution in [-0.4, -0.2) is 75.3 Å². The fraction of sp³-hybridized carbons (Fsp3) is 0.576. The summed E-state index contributed by atoms with van der Waals surface area (Å²) in [6.45, 7) is 16.6. The van der Waals surface area contributed by atoms with E-state index >= 15 is 0 Å². The molecule has 0 aromatic heterocycles. The molecule has 0 unspecified atom stereocenters. The maximum atomic E-state index is 14.2. The number of carbonyl (C=O) groups is 4. The molecule has 4 aromatic carbocycles. The van der Waals surface area contributed by atoms with Gasteiger partial charge in [-0.3, -0.25) is 0 Å². The van der Waals surface area contributed by atoms with Gasteiger partial charge in [0.25, 0.3) is 24.6 Å². The maximum Gasteiger partial charge on any atom is 0.550 e. The van der Waals surface area contributed by atoms with Crippen LogP contribution in [0.5, 0.6) is 23.0 Å². The molecule has 0 radical (unpaired) electrons. The Balaban J connectivity index is 0.000000624. The molecule has 0 bridgehead atoms. The largest absolute Gasteiger partial charge is 0.550 e. The van der Waals surface area contributed by atoms with E-state index in [0.29, 0.717) is 22.3 Å². The Bertz CT molecular complexity index is 2970. The number of aromatic hydroxyl groups is 2. The average molecular weight is 1390 g/mol. The highest BCUT2D eigenvalue weighted by Crippen LogP contribution is 2.55. The van der Waals surface area contributed by atoms with Gasteiger partial charge in [0, 0.05) is 35.4 Å². The molecule has 0 spiro atoms. The molecule has 4 fully saturated rings. The first kappa shape index (κ1) is 85.8. The third-order valence-electron chi connectivity index (χ3n) is 17.1. The van der Waals surface area contributed by atoms with Gasteiger partial charge in [-0.15, -0.1) is 44.8 Å². The quantitative estimate of drug-likeness (QED) is 0.0204. The van der Waals surface area contributed by atoms with Gasteiger partial charge in [0.15, 0.2) is 0 Å². The summed E-state index contributed by atoms with van der Waals surface area (Å²) < 4.78 is 163. The van der Waals surface area contributed by atoms with Crippen LogP contribution in [0.25, 0.3) is 0 Å². The molecule has 2 N–H and O–H groups in total. The van der Waals surface area contributed by atoms with Crippen LogP contribution in [0.1, 0.15) is 250 Å². The summed E-state index contributed by atoms with van der Waals surface area (Å²) in [5.74, 6) is -6.56. The number of ether oxygens (including phenoxy) is 4. The minimum Gasteiger partial charge on any atom is -0.508 e. The van der Waals surface area contributed by atoms with Crippen molar-refractivity contribution in [2.75, 3.05) is 28.4 Å². The summed E-state index contributed by atoms with van der Waals surface area (Å²) in [6, 6.07) is 9.40. The molecule has 0 saturated heterocycles. The van der Waals surface area contributed by atoms with Gasteiger partial charge in [0.2, 0.25) is 0 Å². The Morgan fingerprint density at radius 3 is 0.840 bits per heavy atom. The highest BCUT2D eigenvalue weighted by atomic mass is 32.2. The Morgan fingerprint density at radius 1 is 0.404 bits per heavy atom. The third kappa shape index (κ3) is 22.4. The van der Waals surface area contributed by atoms with Gasteiger partial charge >= 0.3 is 36.6 Å². The Morgan fingerprint density at radius 2 is 0.628 bits per heavy atom. The Labute approximate surface area is 553 Å². The first-order valence-corrected chi connectivity index (χ1v) is 29.7. The summed E-state index contributed by atoms with van der Waals surface area (Å²) in [6.07, 6.45) is 1.32. The minimum atomic E-state index is -4.99. The van der Waals surface area contributed by atoms with Crippen LogP contribution >= 0.6 is 24.6 Å². The molecule has 4 atom stereocenters. The number of hydrogen-bond acceptors (Lipinski definition) is 18. The Kier molecular flexibility index (Phi) is 32.6. The minimum absolute atomic E-state index is 0. The third-order valence-corrected chi connectivity index (χ3v) is 17.9. The molecular formula is C66H90F10O16S2. The van der Waals surface area contributed by atoms with E-state index in [0.717, 1.165) is 116 Å². The van der Waals surface area contributed by atoms with E-state index in [-0.39, 0.29) is 145 Å². The van der Waals surface area contributed by atoms with Crippen molar-refractivity contribution >= 4 is 48.5 Å². The first-order chi connectivity index (χ1) is 41.8. The summed E-state index contributed by atoms with van der Waals surface area (Å²) in [7, 11) is 4.69. The first-order valence-electron chi connectivity index (χ1n) is 28.4. The van der Waals surface area contributed by atoms with Crippen molar-refractivity contribution in [1.82, 2.24) is 0 Å². The second-order valence-electron chi connectivity index (χ2n) is 24.7. The number of esters is 4. The second-order valence-corrected chi connectivity index (χ2v) is 25.6. The van der Waals surface area contributed by atoms with Crippen LogP contribution in [0.4, 0.5) is 43.9 Å². The van der Waals surface area contributed by atoms with E-state index in [1.54, 1.807) is 0 Å². The highest BCUT2D eigenvalue weighted by Gasteiger charge is 2.42. The zero-order valence-corrected chi connectivity index (χ0v) is 53.3. The lowest BCUT2D eigenvalue weighted by Gasteiger charge is -2.28. The molecule has 0 aliphatic heterocycles. The number of halogens is 10. The SMILES string of the molecule is C.C.C.C.COC(=O)c1cc([C@@H]2CCCC2(C)C)c(O)cc1F.COC(=O)c1cc([C@@H]2CCCC2(C)C)c(OSOOC(F)(F)F)cc1F.COC(=O)c1cc([C@H]2CCCC2(C)C)c(O)cc1F.COC(=O)c1cc([C@H]2CCCC2(C)C)c(OSOOC(F)(F)F)cc1F. The average Bonchev–Trinajstić information content (AvgIpc) is 1.86. The zero-order chi connectivity index (χ0) is 67.5. The van der Waals surface area contributed by atoms with Crippen LogP contribution in [0.2, 0.25) is 0 Å². The monoisotopic (exact) mass is 1390 g/mol. The molecule has 4 aliphatic rings. The van der Waals surface area contributed by atoms with Gasteiger partial charge in [0.05, 0.1) is 50.7 Å². The number of alkyl halides is 6. The predicted molar refractivity (Wildman–Crippen MR) is 336 cm³/mol. The van der Waals surface area contributed by atoms with Crippen molar-refractivity contribution in [3.63, 3.8) is 0 Å². The van der Waals surface area contributed by atoms with Crippen molar-refractivity contribution in [2.45, 2.75) is 199 Å². The van der Waals surface area contributed by atoms with Gasteiger partial charge in [-0.25, -0.2) is 36.7 Å². The number of phenols is 2. The van der Waals surface area contributed by atoms with E-state index in [9.17, 15) is 73.3 Å². The van der Waals surface area contributed by atoms with Crippen LogP contribution in [0.3, 0.4) is 0 Å². The topological polar surface area (TPSA) is 201 Å². The van der Waals surface area contributed by atoms with Gasteiger partial charge in [-0.1, -0.05) is 111 Å². The Hall–Kier alpha value is -6.20. The van der Waals surface area contributed by atoms with Gasteiger partial charge in [-0.05, 0) is 132 Å². The fourth-order valence-electron chi connectivity index (χ4n) is 12.4. The number of hydrogen-bond donors (Lipinski definition) is 2. The number of benzene rings is 4. The standard InChI is InChI=1S/2C16H18F4O5S.2C15H19FO3.4CH4/c2*1-15(2)6-4-5-11(15)9-7-10(14(21)22-3)12(17)8-13(9)23-26-25-24-16(18,19)20;2*1-15(2)6-4-5-11(15)9-7-10(14(18)19-3)12(16)8-13(9)17;;;;/h2*7-8,11H,4-6H2,1-3H3;2*7-8,11,17H,4-6H2,1-3H3;4*1H4/t4*11-;;;;/m1010..../s1. The molecule has 28 heteroatoms. The lowest BCUT2D eigenvalue weighted by molar-refractivity contribution is -0.441. The maximum absolute atomic E-state index is 14.2. The molecule has 532 valence electrons. The normalized spacial score (nSPS) is 19.4. The molecular weight excluding hydrogens is 1300 g/mol. The number of rotatable bonds is 16. The lowest BCUT2D eigenvalue weighted by atomic mass is 9.77. The van der Waals surface area contributed by atoms with Crippen molar-refractivity contribution < 1.29 is 119 Å². The zero-order valence-electron chi connectivity index (χ0n) is 51.6. The van der Waals surface area contributed by atoms with Crippen LogP contribution in [0.15, 0.2) is 48.5 Å². The number of carbonyl (C=O) groups excluding carboxylic acids is 4. The van der Waals surface area contributed by atoms with Crippen molar-refractivity contribution in [3.8, 4) is 23.0 Å². The van der Waals surface area contributed by atoms with Gasteiger partial charge in [0.1, 0.15) is 46.3 Å². The van der Waals surface area contributed by atoms with Crippen molar-refractivity contribution in [1.29, 1.82) is 0 Å². The van der Waals surface area contributed by atoms with E-state index in [1.165, 1.54) is 38.5 Å². The van der Waals surface area contributed by atoms with Crippen molar-refractivity contribution in [3.05, 3.63) is 116 Å². The summed E-state index contributed by atoms with van der Waals surface area (Å²) in [5.41, 5.74) is 1.30. The molecule has 0 amide bonds. The molecule has 94 heavy (non-hydrogen) atoms. The summed E-state index contributed by atoms with van der Waals surface area (Å²) in [5, 5.41) is 19.9. The van der Waals surface area contributed by atoms with E-state index in [1.807, 2.05) is 27.7 Å². The summed E-state index contributed by atoms with van der Waals surface area (Å²) in [4.78, 5) is 52.9. The molecule has 4 aromatic rings. The lowest BCUT2D eigenvalue weighted by Crippen LogP contribution is -2.17. The number of methoxy groups -OCH3 is 4. The van der Waals surface area contributed by atoms with Crippen LogP contribution < -0.4 is 8.37 Å².